The van der Waals surface area contributed by atoms with E-state index in [1.807, 2.05) is 35.4 Å². The first-order valence-corrected chi connectivity index (χ1v) is 9.97. The Morgan fingerprint density at radius 1 is 1.27 bits per heavy atom. The number of nitrogens with zero attached hydrogens (tertiary/aromatic N) is 3. The lowest BCUT2D eigenvalue weighted by atomic mass is 9.94. The maximum atomic E-state index is 13.1. The van der Waals surface area contributed by atoms with Gasteiger partial charge in [0.1, 0.15) is 5.69 Å². The number of aromatic amines is 1. The molecule has 1 aliphatic heterocycles. The van der Waals surface area contributed by atoms with Crippen molar-refractivity contribution in [3.8, 4) is 0 Å². The highest BCUT2D eigenvalue weighted by Crippen LogP contribution is 2.39. The molecular weight excluding hydrogens is 368 g/mol. The number of aliphatic imine (C=N–C) groups is 1. The van der Waals surface area contributed by atoms with Crippen molar-refractivity contribution in [2.24, 2.45) is 4.99 Å². The second-order valence-corrected chi connectivity index (χ2v) is 7.78. The summed E-state index contributed by atoms with van der Waals surface area (Å²) < 4.78 is 0. The molecule has 3 heterocycles. The standard InChI is InChI=1S/C19H19ClN4OS/c20-17-15(9-5-11-22-17)23-19-24(14-7-2-1-3-8-14)18(25)16(26-19)12-13-6-4-10-21-13/h4-6,9-12,14,21H,1-3,7-8H2/b16-12+,23-19?. The third-order valence-electron chi connectivity index (χ3n) is 4.64. The maximum absolute atomic E-state index is 13.1. The molecule has 2 aromatic rings. The molecule has 1 amide bonds. The van der Waals surface area contributed by atoms with E-state index in [4.69, 9.17) is 11.6 Å². The second kappa shape index (κ2) is 7.68. The number of hydrogen-bond donors (Lipinski definition) is 1. The molecule has 7 heteroatoms. The molecule has 2 fully saturated rings. The Morgan fingerprint density at radius 2 is 2.12 bits per heavy atom. The van der Waals surface area contributed by atoms with Crippen LogP contribution in [0.25, 0.3) is 6.08 Å². The van der Waals surface area contributed by atoms with E-state index in [0.717, 1.165) is 31.4 Å². The quantitative estimate of drug-likeness (QED) is 0.596. The summed E-state index contributed by atoms with van der Waals surface area (Å²) in [5, 5.41) is 1.04. The zero-order chi connectivity index (χ0) is 17.9. The lowest BCUT2D eigenvalue weighted by molar-refractivity contribution is -0.124. The Kier molecular flexibility index (Phi) is 5.13. The van der Waals surface area contributed by atoms with Gasteiger partial charge in [-0.05, 0) is 54.9 Å². The molecule has 0 atom stereocenters. The van der Waals surface area contributed by atoms with Crippen LogP contribution in [0.4, 0.5) is 5.69 Å². The smallest absolute Gasteiger partial charge is 0.267 e. The molecule has 134 valence electrons. The van der Waals surface area contributed by atoms with Gasteiger partial charge in [0.15, 0.2) is 10.3 Å². The summed E-state index contributed by atoms with van der Waals surface area (Å²) in [6.07, 6.45) is 10.9. The number of amidine groups is 1. The van der Waals surface area contributed by atoms with E-state index < -0.39 is 0 Å². The lowest BCUT2D eigenvalue weighted by Gasteiger charge is -2.30. The van der Waals surface area contributed by atoms with E-state index in [9.17, 15) is 4.79 Å². The molecule has 0 spiro atoms. The van der Waals surface area contributed by atoms with Crippen LogP contribution >= 0.6 is 23.4 Å². The van der Waals surface area contributed by atoms with Gasteiger partial charge in [-0.25, -0.2) is 9.98 Å². The maximum Gasteiger partial charge on any atom is 0.267 e. The van der Waals surface area contributed by atoms with Crippen LogP contribution in [0.2, 0.25) is 5.15 Å². The van der Waals surface area contributed by atoms with Crippen molar-refractivity contribution in [3.63, 3.8) is 0 Å². The molecule has 26 heavy (non-hydrogen) atoms. The minimum atomic E-state index is 0.0234. The van der Waals surface area contributed by atoms with Gasteiger partial charge in [-0.1, -0.05) is 30.9 Å². The Balaban J connectivity index is 1.71. The highest BCUT2D eigenvalue weighted by Gasteiger charge is 2.38. The molecule has 2 aromatic heterocycles. The molecule has 0 radical (unpaired) electrons. The van der Waals surface area contributed by atoms with Crippen molar-refractivity contribution in [2.45, 2.75) is 38.1 Å². The molecule has 4 rings (SSSR count). The van der Waals surface area contributed by atoms with E-state index in [2.05, 4.69) is 15.0 Å². The van der Waals surface area contributed by atoms with E-state index >= 15 is 0 Å². The van der Waals surface area contributed by atoms with Gasteiger partial charge in [0, 0.05) is 24.1 Å². The number of nitrogens with one attached hydrogen (secondary N) is 1. The fourth-order valence-corrected chi connectivity index (χ4v) is 4.57. The molecule has 1 aliphatic carbocycles. The van der Waals surface area contributed by atoms with Crippen LogP contribution in [0.1, 0.15) is 37.8 Å². The monoisotopic (exact) mass is 386 g/mol. The lowest BCUT2D eigenvalue weighted by Crippen LogP contribution is -2.40. The zero-order valence-corrected chi connectivity index (χ0v) is 15.8. The molecule has 1 N–H and O–H groups in total. The Bertz CT molecular complexity index is 856. The summed E-state index contributed by atoms with van der Waals surface area (Å²) in [4.78, 5) is 27.5. The minimum Gasteiger partial charge on any atom is -0.362 e. The van der Waals surface area contributed by atoms with Crippen LogP contribution in [-0.4, -0.2) is 32.0 Å². The normalized spacial score (nSPS) is 21.9. The molecule has 0 aromatic carbocycles. The fraction of sp³-hybridized carbons (Fsp3) is 0.316. The number of pyridine rings is 1. The summed E-state index contributed by atoms with van der Waals surface area (Å²) in [6.45, 7) is 0. The van der Waals surface area contributed by atoms with E-state index in [1.165, 1.54) is 18.2 Å². The SMILES string of the molecule is O=C1/C(=C\c2ccc[nH]2)SC(=Nc2cccnc2Cl)N1C1CCCCC1. The van der Waals surface area contributed by atoms with Crippen molar-refractivity contribution < 1.29 is 4.79 Å². The van der Waals surface area contributed by atoms with Crippen LogP contribution in [-0.2, 0) is 4.79 Å². The Labute approximate surface area is 161 Å². The second-order valence-electron chi connectivity index (χ2n) is 6.41. The Morgan fingerprint density at radius 3 is 2.85 bits per heavy atom. The number of amides is 1. The third kappa shape index (κ3) is 3.57. The zero-order valence-electron chi connectivity index (χ0n) is 14.2. The number of carbonyl (C=O) groups is 1. The van der Waals surface area contributed by atoms with Crippen molar-refractivity contribution in [1.29, 1.82) is 0 Å². The van der Waals surface area contributed by atoms with Gasteiger partial charge in [-0.3, -0.25) is 9.69 Å². The third-order valence-corrected chi connectivity index (χ3v) is 5.92. The topological polar surface area (TPSA) is 61.4 Å². The number of halogens is 1. The first-order valence-electron chi connectivity index (χ1n) is 8.78. The molecule has 5 nitrogen and oxygen atoms in total. The van der Waals surface area contributed by atoms with Gasteiger partial charge >= 0.3 is 0 Å². The highest BCUT2D eigenvalue weighted by molar-refractivity contribution is 8.18. The Hall–Kier alpha value is -2.05. The van der Waals surface area contributed by atoms with Crippen molar-refractivity contribution in [1.82, 2.24) is 14.9 Å². The van der Waals surface area contributed by atoms with Crippen LogP contribution in [0.5, 0.6) is 0 Å². The minimum absolute atomic E-state index is 0.0234. The first-order chi connectivity index (χ1) is 12.7. The van der Waals surface area contributed by atoms with Crippen LogP contribution < -0.4 is 0 Å². The van der Waals surface area contributed by atoms with Gasteiger partial charge in [-0.2, -0.15) is 0 Å². The summed E-state index contributed by atoms with van der Waals surface area (Å²) in [5.41, 5.74) is 1.50. The van der Waals surface area contributed by atoms with E-state index in [1.54, 1.807) is 12.3 Å². The number of rotatable bonds is 3. The fourth-order valence-electron chi connectivity index (χ4n) is 3.37. The molecule has 1 saturated carbocycles. The molecular formula is C19H19ClN4OS. The van der Waals surface area contributed by atoms with E-state index in [0.29, 0.717) is 20.9 Å². The van der Waals surface area contributed by atoms with Crippen LogP contribution in [0, 0.1) is 0 Å². The summed E-state index contributed by atoms with van der Waals surface area (Å²) in [5.74, 6) is 0.0234. The van der Waals surface area contributed by atoms with Gasteiger partial charge in [0.05, 0.1) is 4.91 Å². The molecule has 2 aliphatic rings. The first kappa shape index (κ1) is 17.4. The molecule has 1 saturated heterocycles. The van der Waals surface area contributed by atoms with Crippen molar-refractivity contribution in [2.75, 3.05) is 0 Å². The van der Waals surface area contributed by atoms with Crippen LogP contribution in [0.3, 0.4) is 0 Å². The highest BCUT2D eigenvalue weighted by atomic mass is 35.5. The number of thioether (sulfide) groups is 1. The van der Waals surface area contributed by atoms with Crippen molar-refractivity contribution in [3.05, 3.63) is 52.4 Å². The van der Waals surface area contributed by atoms with E-state index in [-0.39, 0.29) is 11.9 Å². The van der Waals surface area contributed by atoms with Gasteiger partial charge in [0.25, 0.3) is 5.91 Å². The predicted octanol–water partition coefficient (Wildman–Crippen LogP) is 5.00. The average molecular weight is 387 g/mol. The number of hydrogen-bond acceptors (Lipinski definition) is 4. The summed E-state index contributed by atoms with van der Waals surface area (Å²) in [6, 6.07) is 7.68. The van der Waals surface area contributed by atoms with Crippen LogP contribution in [0.15, 0.2) is 46.6 Å². The number of H-pyrrole nitrogens is 1. The number of aromatic nitrogens is 2. The molecule has 0 bridgehead atoms. The van der Waals surface area contributed by atoms with Gasteiger partial charge in [0.2, 0.25) is 0 Å². The summed E-state index contributed by atoms with van der Waals surface area (Å²) in [7, 11) is 0. The van der Waals surface area contributed by atoms with Gasteiger partial charge in [-0.15, -0.1) is 0 Å². The summed E-state index contributed by atoms with van der Waals surface area (Å²) >= 11 is 7.58. The number of carbonyl (C=O) groups excluding carboxylic acids is 1. The predicted molar refractivity (Wildman–Crippen MR) is 106 cm³/mol. The molecule has 0 unspecified atom stereocenters. The van der Waals surface area contributed by atoms with Gasteiger partial charge < -0.3 is 4.98 Å². The van der Waals surface area contributed by atoms with Crippen molar-refractivity contribution >= 4 is 46.2 Å². The largest absolute Gasteiger partial charge is 0.362 e. The average Bonchev–Trinajstić information content (AvgIpc) is 3.27.